The Kier molecular flexibility index (Phi) is 3.35. The van der Waals surface area contributed by atoms with Crippen LogP contribution in [0, 0.1) is 6.92 Å². The van der Waals surface area contributed by atoms with Gasteiger partial charge in [0.2, 0.25) is 0 Å². The number of aryl methyl sites for hydroxylation is 1. The summed E-state index contributed by atoms with van der Waals surface area (Å²) in [6, 6.07) is 17.2. The van der Waals surface area contributed by atoms with Gasteiger partial charge in [-0.2, -0.15) is 9.90 Å². The zero-order valence-corrected chi connectivity index (χ0v) is 13.0. The summed E-state index contributed by atoms with van der Waals surface area (Å²) in [4.78, 5) is 17.1. The zero-order chi connectivity index (χ0) is 16.5. The Morgan fingerprint density at radius 2 is 1.96 bits per heavy atom. The zero-order valence-electron chi connectivity index (χ0n) is 13.0. The first-order chi connectivity index (χ1) is 11.7. The molecule has 6 nitrogen and oxygen atoms in total. The summed E-state index contributed by atoms with van der Waals surface area (Å²) in [6.07, 6.45) is 1.46. The first-order valence-electron chi connectivity index (χ1n) is 7.57. The molecule has 24 heavy (non-hydrogen) atoms. The van der Waals surface area contributed by atoms with E-state index in [4.69, 9.17) is 0 Å². The Labute approximate surface area is 138 Å². The second-order valence-electron chi connectivity index (χ2n) is 5.56. The molecule has 4 rings (SSSR count). The van der Waals surface area contributed by atoms with Crippen molar-refractivity contribution in [2.45, 2.75) is 6.92 Å². The molecular weight excluding hydrogens is 302 g/mol. The molecule has 2 aromatic heterocycles. The molecule has 0 fully saturated rings. The molecule has 118 valence electrons. The van der Waals surface area contributed by atoms with Gasteiger partial charge in [0.15, 0.2) is 5.69 Å². The van der Waals surface area contributed by atoms with Crippen LogP contribution < -0.4 is 5.32 Å². The number of aromatic amines is 1. The molecule has 2 heterocycles. The van der Waals surface area contributed by atoms with Crippen LogP contribution in [-0.4, -0.2) is 25.9 Å². The van der Waals surface area contributed by atoms with Gasteiger partial charge in [0.25, 0.3) is 5.91 Å². The van der Waals surface area contributed by atoms with Crippen LogP contribution in [0.2, 0.25) is 0 Å². The lowest BCUT2D eigenvalue weighted by atomic mass is 10.2. The Hall–Kier alpha value is -3.41. The fourth-order valence-corrected chi connectivity index (χ4v) is 2.60. The predicted molar refractivity (Wildman–Crippen MR) is 92.3 cm³/mol. The molecule has 0 saturated heterocycles. The highest BCUT2D eigenvalue weighted by Gasteiger charge is 2.12. The quantitative estimate of drug-likeness (QED) is 0.608. The van der Waals surface area contributed by atoms with Crippen molar-refractivity contribution in [3.63, 3.8) is 0 Å². The minimum absolute atomic E-state index is 0.268. The number of amides is 1. The predicted octanol–water partition coefficient (Wildman–Crippen LogP) is 3.31. The number of rotatable bonds is 3. The number of aromatic nitrogens is 4. The van der Waals surface area contributed by atoms with Gasteiger partial charge in [-0.25, -0.2) is 0 Å². The van der Waals surface area contributed by atoms with Gasteiger partial charge in [0, 0.05) is 22.3 Å². The van der Waals surface area contributed by atoms with Gasteiger partial charge in [-0.1, -0.05) is 18.2 Å². The molecule has 0 atom stereocenters. The van der Waals surface area contributed by atoms with Crippen molar-refractivity contribution < 1.29 is 4.79 Å². The molecule has 0 bridgehead atoms. The summed E-state index contributed by atoms with van der Waals surface area (Å²) in [5.41, 5.74) is 3.92. The Morgan fingerprint density at radius 1 is 1.12 bits per heavy atom. The van der Waals surface area contributed by atoms with E-state index in [0.717, 1.165) is 28.0 Å². The van der Waals surface area contributed by atoms with Crippen LogP contribution in [0.1, 0.15) is 16.2 Å². The first-order valence-corrected chi connectivity index (χ1v) is 7.57. The van der Waals surface area contributed by atoms with Gasteiger partial charge >= 0.3 is 0 Å². The van der Waals surface area contributed by atoms with E-state index < -0.39 is 0 Å². The summed E-state index contributed by atoms with van der Waals surface area (Å²) in [5.74, 6) is -0.288. The normalized spacial score (nSPS) is 10.9. The molecule has 0 aliphatic carbocycles. The average Bonchev–Trinajstić information content (AvgIpc) is 3.21. The molecule has 6 heteroatoms. The fourth-order valence-electron chi connectivity index (χ4n) is 2.60. The minimum atomic E-state index is -0.288. The average molecular weight is 317 g/mol. The lowest BCUT2D eigenvalue weighted by Gasteiger charge is -2.03. The number of benzene rings is 2. The van der Waals surface area contributed by atoms with Gasteiger partial charge < -0.3 is 10.3 Å². The van der Waals surface area contributed by atoms with Gasteiger partial charge in [0.05, 0.1) is 11.9 Å². The lowest BCUT2D eigenvalue weighted by molar-refractivity contribution is 0.102. The topological polar surface area (TPSA) is 75.6 Å². The second kappa shape index (κ2) is 5.66. The number of anilines is 1. The van der Waals surface area contributed by atoms with E-state index in [9.17, 15) is 4.79 Å². The summed E-state index contributed by atoms with van der Waals surface area (Å²) in [7, 11) is 0. The summed E-state index contributed by atoms with van der Waals surface area (Å²) < 4.78 is 0. The SMILES string of the molecule is Cc1cc2cc(NC(=O)c3cnn(-c4ccccc4)n3)ccc2[nH]1. The van der Waals surface area contributed by atoms with Crippen LogP contribution in [0.5, 0.6) is 0 Å². The molecule has 1 amide bonds. The van der Waals surface area contributed by atoms with E-state index in [1.165, 1.54) is 11.0 Å². The van der Waals surface area contributed by atoms with Gasteiger partial charge in [-0.3, -0.25) is 4.79 Å². The van der Waals surface area contributed by atoms with Crippen LogP contribution in [-0.2, 0) is 0 Å². The largest absolute Gasteiger partial charge is 0.359 e. The van der Waals surface area contributed by atoms with Crippen molar-refractivity contribution >= 4 is 22.5 Å². The Bertz CT molecular complexity index is 1020. The van der Waals surface area contributed by atoms with Crippen molar-refractivity contribution in [3.8, 4) is 5.69 Å². The van der Waals surface area contributed by atoms with Crippen LogP contribution in [0.15, 0.2) is 60.8 Å². The van der Waals surface area contributed by atoms with E-state index in [-0.39, 0.29) is 11.6 Å². The maximum Gasteiger partial charge on any atom is 0.277 e. The van der Waals surface area contributed by atoms with Gasteiger partial charge in [0.1, 0.15) is 0 Å². The van der Waals surface area contributed by atoms with E-state index in [2.05, 4.69) is 20.5 Å². The molecular formula is C18H15N5O. The van der Waals surface area contributed by atoms with Gasteiger partial charge in [-0.05, 0) is 43.3 Å². The molecule has 0 aliphatic rings. The smallest absolute Gasteiger partial charge is 0.277 e. The monoisotopic (exact) mass is 317 g/mol. The number of nitrogens with zero attached hydrogens (tertiary/aromatic N) is 3. The highest BCUT2D eigenvalue weighted by atomic mass is 16.2. The number of carbonyl (C=O) groups excluding carboxylic acids is 1. The van der Waals surface area contributed by atoms with Crippen molar-refractivity contribution in [3.05, 3.63) is 72.2 Å². The third-order valence-corrected chi connectivity index (χ3v) is 3.72. The summed E-state index contributed by atoms with van der Waals surface area (Å²) in [6.45, 7) is 2.00. The molecule has 0 saturated carbocycles. The van der Waals surface area contributed by atoms with E-state index in [1.54, 1.807) is 0 Å². The summed E-state index contributed by atoms with van der Waals surface area (Å²) >= 11 is 0. The molecule has 0 radical (unpaired) electrons. The number of H-pyrrole nitrogens is 1. The molecule has 0 aliphatic heterocycles. The number of para-hydroxylation sites is 1. The lowest BCUT2D eigenvalue weighted by Crippen LogP contribution is -2.13. The number of fused-ring (bicyclic) bond motifs is 1. The van der Waals surface area contributed by atoms with Crippen LogP contribution in [0.25, 0.3) is 16.6 Å². The third-order valence-electron chi connectivity index (χ3n) is 3.72. The standard InChI is InChI=1S/C18H15N5O/c1-12-9-13-10-14(7-8-16(13)20-12)21-18(24)17-11-19-23(22-17)15-5-3-2-4-6-15/h2-11,20H,1H3,(H,21,24). The fraction of sp³-hybridized carbons (Fsp3) is 0.0556. The maximum atomic E-state index is 12.4. The van der Waals surface area contributed by atoms with Crippen molar-refractivity contribution in [2.24, 2.45) is 0 Å². The highest BCUT2D eigenvalue weighted by molar-refractivity contribution is 6.03. The van der Waals surface area contributed by atoms with Crippen LogP contribution >= 0.6 is 0 Å². The number of nitrogens with one attached hydrogen (secondary N) is 2. The first kappa shape index (κ1) is 14.2. The number of hydrogen-bond acceptors (Lipinski definition) is 3. The molecule has 4 aromatic rings. The Morgan fingerprint density at radius 3 is 2.79 bits per heavy atom. The van der Waals surface area contributed by atoms with E-state index >= 15 is 0 Å². The summed E-state index contributed by atoms with van der Waals surface area (Å²) in [5, 5.41) is 12.3. The number of carbonyl (C=O) groups is 1. The Balaban J connectivity index is 1.56. The second-order valence-corrected chi connectivity index (χ2v) is 5.56. The molecule has 2 aromatic carbocycles. The minimum Gasteiger partial charge on any atom is -0.359 e. The van der Waals surface area contributed by atoms with Crippen molar-refractivity contribution in [2.75, 3.05) is 5.32 Å². The maximum absolute atomic E-state index is 12.4. The molecule has 0 spiro atoms. The van der Waals surface area contributed by atoms with Crippen LogP contribution in [0.3, 0.4) is 0 Å². The van der Waals surface area contributed by atoms with E-state index in [1.807, 2.05) is 61.5 Å². The van der Waals surface area contributed by atoms with Crippen molar-refractivity contribution in [1.29, 1.82) is 0 Å². The highest BCUT2D eigenvalue weighted by Crippen LogP contribution is 2.20. The molecule has 0 unspecified atom stereocenters. The van der Waals surface area contributed by atoms with Gasteiger partial charge in [-0.15, -0.1) is 5.10 Å². The third kappa shape index (κ3) is 2.65. The van der Waals surface area contributed by atoms with E-state index in [0.29, 0.717) is 0 Å². The molecule has 2 N–H and O–H groups in total. The number of hydrogen-bond donors (Lipinski definition) is 2. The van der Waals surface area contributed by atoms with Crippen LogP contribution in [0.4, 0.5) is 5.69 Å². The van der Waals surface area contributed by atoms with Crippen molar-refractivity contribution in [1.82, 2.24) is 20.0 Å².